The Morgan fingerprint density at radius 1 is 1.26 bits per heavy atom. The number of fused-ring (bicyclic) bond motifs is 2. The lowest BCUT2D eigenvalue weighted by Gasteiger charge is -2.36. The first-order valence-electron chi connectivity index (χ1n) is 9.27. The van der Waals surface area contributed by atoms with E-state index in [2.05, 4.69) is 22.4 Å². The largest absolute Gasteiger partial charge is 0.497 e. The molecule has 1 aromatic heterocycles. The molecule has 1 aromatic carbocycles. The maximum absolute atomic E-state index is 13.0. The van der Waals surface area contributed by atoms with Crippen molar-refractivity contribution in [2.75, 3.05) is 20.8 Å². The maximum atomic E-state index is 13.0. The van der Waals surface area contributed by atoms with E-state index in [-0.39, 0.29) is 17.5 Å². The van der Waals surface area contributed by atoms with Crippen LogP contribution in [-0.4, -0.2) is 36.7 Å². The molecule has 0 radical (unpaired) electrons. The van der Waals surface area contributed by atoms with E-state index in [4.69, 9.17) is 9.47 Å². The molecule has 1 aliphatic heterocycles. The number of nitrogens with zero attached hydrogens (tertiary/aromatic N) is 2. The number of urea groups is 1. The first-order chi connectivity index (χ1) is 13.1. The van der Waals surface area contributed by atoms with Crippen molar-refractivity contribution in [3.63, 3.8) is 0 Å². The van der Waals surface area contributed by atoms with Crippen molar-refractivity contribution in [2.45, 2.75) is 37.8 Å². The van der Waals surface area contributed by atoms with E-state index < -0.39 is 0 Å². The summed E-state index contributed by atoms with van der Waals surface area (Å²) in [4.78, 5) is 19.0. The van der Waals surface area contributed by atoms with Gasteiger partial charge in [-0.3, -0.25) is 4.98 Å². The number of hydrogen-bond acceptors (Lipinski definition) is 4. The minimum Gasteiger partial charge on any atom is -0.497 e. The molecule has 1 aliphatic carbocycles. The van der Waals surface area contributed by atoms with Crippen LogP contribution in [0.3, 0.4) is 0 Å². The number of benzene rings is 1. The average molecular weight is 367 g/mol. The van der Waals surface area contributed by atoms with Crippen LogP contribution >= 0.6 is 0 Å². The topological polar surface area (TPSA) is 63.7 Å². The van der Waals surface area contributed by atoms with Gasteiger partial charge in [0.15, 0.2) is 0 Å². The Balaban J connectivity index is 1.52. The number of carbonyl (C=O) groups excluding carboxylic acids is 1. The van der Waals surface area contributed by atoms with Crippen LogP contribution in [0.2, 0.25) is 0 Å². The van der Waals surface area contributed by atoms with Gasteiger partial charge < -0.3 is 19.7 Å². The summed E-state index contributed by atoms with van der Waals surface area (Å²) in [6.07, 6.45) is 5.61. The Morgan fingerprint density at radius 2 is 2.07 bits per heavy atom. The Bertz CT molecular complexity index is 864. The molecule has 2 heterocycles. The van der Waals surface area contributed by atoms with Crippen LogP contribution in [0.4, 0.5) is 4.79 Å². The SMILES string of the molecule is COc1ccc2c(c1)C1(CC1)CN(C(=O)NC(C)c1ccncc1OC)C2. The Labute approximate surface area is 159 Å². The number of rotatable bonds is 4. The predicted molar refractivity (Wildman–Crippen MR) is 102 cm³/mol. The van der Waals surface area contributed by atoms with Crippen molar-refractivity contribution in [3.8, 4) is 11.5 Å². The second-order valence-corrected chi connectivity index (χ2v) is 7.45. The molecular weight excluding hydrogens is 342 g/mol. The van der Waals surface area contributed by atoms with Crippen molar-refractivity contribution >= 4 is 6.03 Å². The molecule has 1 N–H and O–H groups in total. The molecule has 2 amide bonds. The van der Waals surface area contributed by atoms with E-state index in [1.807, 2.05) is 24.0 Å². The van der Waals surface area contributed by atoms with Gasteiger partial charge in [0.05, 0.1) is 26.5 Å². The lowest BCUT2D eigenvalue weighted by Crippen LogP contribution is -2.47. The summed E-state index contributed by atoms with van der Waals surface area (Å²) in [5, 5.41) is 3.11. The van der Waals surface area contributed by atoms with Gasteiger partial charge in [-0.1, -0.05) is 6.07 Å². The lowest BCUT2D eigenvalue weighted by molar-refractivity contribution is 0.180. The van der Waals surface area contributed by atoms with Crippen LogP contribution in [-0.2, 0) is 12.0 Å². The predicted octanol–water partition coefficient (Wildman–Crippen LogP) is 3.42. The van der Waals surface area contributed by atoms with E-state index in [9.17, 15) is 4.79 Å². The fourth-order valence-corrected chi connectivity index (χ4v) is 4.02. The van der Waals surface area contributed by atoms with Gasteiger partial charge in [-0.2, -0.15) is 0 Å². The third kappa shape index (κ3) is 3.20. The van der Waals surface area contributed by atoms with E-state index >= 15 is 0 Å². The zero-order valence-corrected chi connectivity index (χ0v) is 16.0. The number of hydrogen-bond donors (Lipinski definition) is 1. The van der Waals surface area contributed by atoms with E-state index in [1.54, 1.807) is 26.6 Å². The van der Waals surface area contributed by atoms with Crippen molar-refractivity contribution < 1.29 is 14.3 Å². The summed E-state index contributed by atoms with van der Waals surface area (Å²) in [6, 6.07) is 7.87. The number of aromatic nitrogens is 1. The Kier molecular flexibility index (Phi) is 4.42. The summed E-state index contributed by atoms with van der Waals surface area (Å²) in [5.41, 5.74) is 3.57. The molecule has 0 bridgehead atoms. The molecule has 6 nitrogen and oxygen atoms in total. The van der Waals surface area contributed by atoms with Gasteiger partial charge in [-0.25, -0.2) is 4.79 Å². The second-order valence-electron chi connectivity index (χ2n) is 7.45. The fraction of sp³-hybridized carbons (Fsp3) is 0.429. The van der Waals surface area contributed by atoms with Crippen LogP contribution in [0.25, 0.3) is 0 Å². The summed E-state index contributed by atoms with van der Waals surface area (Å²) >= 11 is 0. The summed E-state index contributed by atoms with van der Waals surface area (Å²) in [5.74, 6) is 1.57. The molecule has 0 saturated heterocycles. The highest BCUT2D eigenvalue weighted by atomic mass is 16.5. The molecule has 1 atom stereocenters. The van der Waals surface area contributed by atoms with Crippen LogP contribution in [0, 0.1) is 0 Å². The first-order valence-corrected chi connectivity index (χ1v) is 9.27. The highest BCUT2D eigenvalue weighted by Gasteiger charge is 2.50. The summed E-state index contributed by atoms with van der Waals surface area (Å²) in [7, 11) is 3.31. The molecule has 2 aromatic rings. The van der Waals surface area contributed by atoms with Crippen molar-refractivity contribution in [1.29, 1.82) is 0 Å². The smallest absolute Gasteiger partial charge is 0.318 e. The van der Waals surface area contributed by atoms with E-state index in [0.717, 1.165) is 30.7 Å². The van der Waals surface area contributed by atoms with Crippen molar-refractivity contribution in [3.05, 3.63) is 53.3 Å². The highest BCUT2D eigenvalue weighted by molar-refractivity contribution is 5.76. The molecule has 6 heteroatoms. The van der Waals surface area contributed by atoms with Crippen molar-refractivity contribution in [2.24, 2.45) is 0 Å². The second kappa shape index (κ2) is 6.76. The third-order valence-electron chi connectivity index (χ3n) is 5.73. The number of methoxy groups -OCH3 is 2. The number of nitrogens with one attached hydrogen (secondary N) is 1. The average Bonchev–Trinajstić information content (AvgIpc) is 3.47. The van der Waals surface area contributed by atoms with Gasteiger partial charge in [0.1, 0.15) is 11.5 Å². The maximum Gasteiger partial charge on any atom is 0.318 e. The molecule has 1 fully saturated rings. The van der Waals surface area contributed by atoms with Crippen LogP contribution in [0.15, 0.2) is 36.7 Å². The Hall–Kier alpha value is -2.76. The summed E-state index contributed by atoms with van der Waals surface area (Å²) < 4.78 is 10.8. The van der Waals surface area contributed by atoms with Gasteiger partial charge in [0.2, 0.25) is 0 Å². The Morgan fingerprint density at radius 3 is 2.78 bits per heavy atom. The number of carbonyl (C=O) groups is 1. The van der Waals surface area contributed by atoms with Crippen LogP contribution in [0.5, 0.6) is 11.5 Å². The lowest BCUT2D eigenvalue weighted by atomic mass is 9.87. The van der Waals surface area contributed by atoms with Gasteiger partial charge in [-0.15, -0.1) is 0 Å². The van der Waals surface area contributed by atoms with Gasteiger partial charge in [0.25, 0.3) is 0 Å². The van der Waals surface area contributed by atoms with E-state index in [1.165, 1.54) is 11.1 Å². The molecule has 2 aliphatic rings. The number of ether oxygens (including phenoxy) is 2. The monoisotopic (exact) mass is 367 g/mol. The van der Waals surface area contributed by atoms with Crippen molar-refractivity contribution in [1.82, 2.24) is 15.2 Å². The number of amides is 2. The van der Waals surface area contributed by atoms with Crippen LogP contribution < -0.4 is 14.8 Å². The molecule has 142 valence electrons. The molecule has 1 spiro atoms. The minimum atomic E-state index is -0.164. The molecular formula is C21H25N3O3. The van der Waals surface area contributed by atoms with Gasteiger partial charge >= 0.3 is 6.03 Å². The van der Waals surface area contributed by atoms with Crippen LogP contribution in [0.1, 0.15) is 42.5 Å². The first kappa shape index (κ1) is 17.6. The van der Waals surface area contributed by atoms with E-state index in [0.29, 0.717) is 12.3 Å². The number of pyridine rings is 1. The third-order valence-corrected chi connectivity index (χ3v) is 5.73. The summed E-state index contributed by atoms with van der Waals surface area (Å²) in [6.45, 7) is 3.33. The van der Waals surface area contributed by atoms with Gasteiger partial charge in [0, 0.05) is 30.3 Å². The quantitative estimate of drug-likeness (QED) is 0.899. The fourth-order valence-electron chi connectivity index (χ4n) is 4.02. The normalized spacial score (nSPS) is 17.8. The zero-order chi connectivity index (χ0) is 19.0. The molecule has 1 saturated carbocycles. The molecule has 4 rings (SSSR count). The molecule has 27 heavy (non-hydrogen) atoms. The van der Waals surface area contributed by atoms with Gasteiger partial charge in [-0.05, 0) is 49.1 Å². The minimum absolute atomic E-state index is 0.0471. The highest BCUT2D eigenvalue weighted by Crippen LogP contribution is 2.53. The zero-order valence-electron chi connectivity index (χ0n) is 16.0. The molecule has 1 unspecified atom stereocenters. The standard InChI is InChI=1S/C21H25N3O3/c1-14(17-6-9-22-11-19(17)27-3)23-20(25)24-12-15-4-5-16(26-2)10-18(15)21(13-24)7-8-21/h4-6,9-11,14H,7-8,12-13H2,1-3H3,(H,23,25).